The Labute approximate surface area is 266 Å². The van der Waals surface area contributed by atoms with Crippen LogP contribution in [0.3, 0.4) is 0 Å². The van der Waals surface area contributed by atoms with Crippen LogP contribution in [0.4, 0.5) is 0 Å². The Kier molecular flexibility index (Phi) is 7.42. The molecule has 0 radical (unpaired) electrons. The number of likely N-dealkylation sites (tertiary alicyclic amines) is 2. The Bertz CT molecular complexity index is 1760. The minimum atomic E-state index is -0.725. The fraction of sp³-hybridized carbons (Fsp3) is 0.351. The van der Waals surface area contributed by atoms with Crippen LogP contribution >= 0.6 is 0 Å². The molecule has 1 saturated carbocycles. The van der Waals surface area contributed by atoms with Gasteiger partial charge in [-0.05, 0) is 79.5 Å². The predicted octanol–water partition coefficient (Wildman–Crippen LogP) is 4.23. The number of benzene rings is 3. The van der Waals surface area contributed by atoms with Gasteiger partial charge in [0.15, 0.2) is 0 Å². The lowest BCUT2D eigenvalue weighted by Gasteiger charge is -2.44. The highest BCUT2D eigenvalue weighted by Crippen LogP contribution is 2.59. The number of phenols is 3. The van der Waals surface area contributed by atoms with Gasteiger partial charge in [-0.3, -0.25) is 29.0 Å². The van der Waals surface area contributed by atoms with Gasteiger partial charge in [-0.15, -0.1) is 0 Å². The molecule has 46 heavy (non-hydrogen) atoms. The number of rotatable bonds is 7. The van der Waals surface area contributed by atoms with Gasteiger partial charge in [0.25, 0.3) is 0 Å². The van der Waals surface area contributed by atoms with E-state index in [2.05, 4.69) is 0 Å². The molecule has 0 spiro atoms. The van der Waals surface area contributed by atoms with Gasteiger partial charge in [0.05, 0.1) is 23.7 Å². The molecule has 2 saturated heterocycles. The third-order valence-electron chi connectivity index (χ3n) is 10.6. The van der Waals surface area contributed by atoms with Crippen molar-refractivity contribution in [2.24, 2.45) is 29.6 Å². The summed E-state index contributed by atoms with van der Waals surface area (Å²) in [6, 6.07) is 18.8. The molecule has 2 aliphatic carbocycles. The van der Waals surface area contributed by atoms with Gasteiger partial charge in [0.2, 0.25) is 23.6 Å². The monoisotopic (exact) mass is 620 g/mol. The lowest BCUT2D eigenvalue weighted by Crippen LogP contribution is -2.43. The molecule has 9 nitrogen and oxygen atoms in total. The molecule has 2 heterocycles. The fourth-order valence-electron chi connectivity index (χ4n) is 8.25. The molecule has 3 fully saturated rings. The molecule has 7 rings (SSSR count). The summed E-state index contributed by atoms with van der Waals surface area (Å²) in [5.41, 5.74) is 3.84. The summed E-state index contributed by atoms with van der Waals surface area (Å²) in [6.07, 6.45) is 3.50. The van der Waals surface area contributed by atoms with Crippen LogP contribution in [0.2, 0.25) is 0 Å². The maximum Gasteiger partial charge on any atom is 0.234 e. The summed E-state index contributed by atoms with van der Waals surface area (Å²) in [5.74, 6) is -4.31. The van der Waals surface area contributed by atoms with Gasteiger partial charge in [0, 0.05) is 24.6 Å². The van der Waals surface area contributed by atoms with Gasteiger partial charge >= 0.3 is 0 Å². The average Bonchev–Trinajstić information content (AvgIpc) is 3.44. The molecule has 236 valence electrons. The summed E-state index contributed by atoms with van der Waals surface area (Å²) in [5, 5.41) is 30.5. The molecule has 4 amide bonds. The van der Waals surface area contributed by atoms with Crippen molar-refractivity contribution < 1.29 is 34.5 Å². The van der Waals surface area contributed by atoms with E-state index in [0.717, 1.165) is 16.7 Å². The fourth-order valence-corrected chi connectivity index (χ4v) is 8.25. The third kappa shape index (κ3) is 4.85. The SMILES string of the molecule is Cc1cccc(C2C3=CCC4C(=O)N(CCc5ccc(O)cc5)C(=O)C4C3CC3C(=O)N(CCc4ccc(O)cc4)C(=O)C32)c1O. The lowest BCUT2D eigenvalue weighted by molar-refractivity contribution is -0.142. The molecule has 4 aliphatic rings. The largest absolute Gasteiger partial charge is 0.508 e. The number of aromatic hydroxyl groups is 3. The van der Waals surface area contributed by atoms with E-state index < -0.39 is 35.5 Å². The number of imide groups is 2. The smallest absolute Gasteiger partial charge is 0.234 e. The Morgan fingerprint density at radius 2 is 1.20 bits per heavy atom. The quantitative estimate of drug-likeness (QED) is 0.266. The standard InChI is InChI=1S/C37H36N2O7/c1-20-3-2-4-26(33(20)42)30-25-13-14-27-31(36(45)38(34(27)43)17-15-21-5-9-23(40)10-6-21)28(25)19-29-32(30)37(46)39(35(29)44)18-16-22-7-11-24(41)12-8-22/h2-13,27-32,40-42H,14-19H2,1H3. The van der Waals surface area contributed by atoms with Crippen LogP contribution in [0.5, 0.6) is 17.2 Å². The number of nitrogens with zero attached hydrogens (tertiary/aromatic N) is 2. The van der Waals surface area contributed by atoms with Crippen molar-refractivity contribution in [2.75, 3.05) is 13.1 Å². The highest BCUT2D eigenvalue weighted by atomic mass is 16.3. The van der Waals surface area contributed by atoms with E-state index in [4.69, 9.17) is 0 Å². The van der Waals surface area contributed by atoms with Crippen LogP contribution in [0.1, 0.15) is 41.0 Å². The van der Waals surface area contributed by atoms with Crippen molar-refractivity contribution in [3.8, 4) is 17.2 Å². The number of fused-ring (bicyclic) bond motifs is 4. The Hall–Kier alpha value is -4.92. The molecule has 2 aliphatic heterocycles. The molecule has 9 heteroatoms. The summed E-state index contributed by atoms with van der Waals surface area (Å²) in [7, 11) is 0. The van der Waals surface area contributed by atoms with Crippen molar-refractivity contribution in [3.05, 3.63) is 101 Å². The van der Waals surface area contributed by atoms with E-state index >= 15 is 0 Å². The Morgan fingerprint density at radius 3 is 1.78 bits per heavy atom. The maximum absolute atomic E-state index is 14.1. The first-order valence-electron chi connectivity index (χ1n) is 15.9. The first-order chi connectivity index (χ1) is 22.1. The number of hydrogen-bond donors (Lipinski definition) is 3. The third-order valence-corrected chi connectivity index (χ3v) is 10.6. The number of carbonyl (C=O) groups is 4. The normalized spacial score (nSPS) is 27.0. The van der Waals surface area contributed by atoms with Crippen molar-refractivity contribution in [3.63, 3.8) is 0 Å². The van der Waals surface area contributed by atoms with Crippen molar-refractivity contribution in [1.29, 1.82) is 0 Å². The van der Waals surface area contributed by atoms with Crippen LogP contribution in [0.15, 0.2) is 78.4 Å². The second-order valence-electron chi connectivity index (χ2n) is 13.0. The number of aryl methyl sites for hydroxylation is 1. The molecule has 0 aromatic heterocycles. The number of phenolic OH excluding ortho intramolecular Hbond substituents is 3. The first-order valence-corrected chi connectivity index (χ1v) is 15.9. The highest BCUT2D eigenvalue weighted by Gasteiger charge is 2.62. The number of carbonyl (C=O) groups excluding carboxylic acids is 4. The highest BCUT2D eigenvalue weighted by molar-refractivity contribution is 6.08. The lowest BCUT2D eigenvalue weighted by atomic mass is 9.57. The van der Waals surface area contributed by atoms with E-state index in [1.807, 2.05) is 12.1 Å². The summed E-state index contributed by atoms with van der Waals surface area (Å²) >= 11 is 0. The number of amides is 4. The first kappa shape index (κ1) is 29.8. The average molecular weight is 621 g/mol. The van der Waals surface area contributed by atoms with Crippen molar-refractivity contribution >= 4 is 23.6 Å². The molecule has 3 N–H and O–H groups in total. The van der Waals surface area contributed by atoms with Gasteiger partial charge in [-0.2, -0.15) is 0 Å². The molecule has 3 aromatic carbocycles. The molecule has 6 atom stereocenters. The zero-order valence-corrected chi connectivity index (χ0v) is 25.5. The second-order valence-corrected chi connectivity index (χ2v) is 13.0. The van der Waals surface area contributed by atoms with Gasteiger partial charge in [0.1, 0.15) is 17.2 Å². The number of allylic oxidation sites excluding steroid dienone is 2. The Morgan fingerprint density at radius 1 is 0.652 bits per heavy atom. The van der Waals surface area contributed by atoms with Crippen LogP contribution in [-0.4, -0.2) is 61.8 Å². The van der Waals surface area contributed by atoms with Crippen LogP contribution in [0.25, 0.3) is 0 Å². The molecule has 0 bridgehead atoms. The molecular formula is C37H36N2O7. The van der Waals surface area contributed by atoms with Crippen LogP contribution in [0, 0.1) is 36.5 Å². The van der Waals surface area contributed by atoms with Crippen LogP contribution < -0.4 is 0 Å². The molecule has 3 aromatic rings. The predicted molar refractivity (Wildman–Crippen MR) is 167 cm³/mol. The zero-order valence-electron chi connectivity index (χ0n) is 25.5. The Balaban J connectivity index is 1.21. The topological polar surface area (TPSA) is 135 Å². The summed E-state index contributed by atoms with van der Waals surface area (Å²) in [4.78, 5) is 58.5. The van der Waals surface area contributed by atoms with E-state index in [0.29, 0.717) is 30.4 Å². The van der Waals surface area contributed by atoms with Gasteiger partial charge < -0.3 is 15.3 Å². The number of hydrogen-bond acceptors (Lipinski definition) is 7. The number of para-hydroxylation sites is 1. The van der Waals surface area contributed by atoms with Crippen LogP contribution in [-0.2, 0) is 32.0 Å². The van der Waals surface area contributed by atoms with E-state index in [9.17, 15) is 34.5 Å². The minimum absolute atomic E-state index is 0.0714. The second kappa shape index (κ2) is 11.5. The molecule has 6 unspecified atom stereocenters. The maximum atomic E-state index is 14.1. The molecular weight excluding hydrogens is 584 g/mol. The summed E-state index contributed by atoms with van der Waals surface area (Å²) in [6.45, 7) is 2.19. The van der Waals surface area contributed by atoms with Crippen molar-refractivity contribution in [1.82, 2.24) is 9.80 Å². The van der Waals surface area contributed by atoms with Crippen molar-refractivity contribution in [2.45, 2.75) is 38.5 Å². The van der Waals surface area contributed by atoms with Gasteiger partial charge in [-0.25, -0.2) is 0 Å². The van der Waals surface area contributed by atoms with E-state index in [1.165, 1.54) is 9.80 Å². The minimum Gasteiger partial charge on any atom is -0.508 e. The zero-order chi connectivity index (χ0) is 32.3. The van der Waals surface area contributed by atoms with E-state index in [1.54, 1.807) is 67.6 Å². The summed E-state index contributed by atoms with van der Waals surface area (Å²) < 4.78 is 0. The van der Waals surface area contributed by atoms with Gasteiger partial charge in [-0.1, -0.05) is 54.1 Å². The van der Waals surface area contributed by atoms with E-state index in [-0.39, 0.29) is 60.4 Å².